The molecule has 7 heteroatoms. The first-order valence-corrected chi connectivity index (χ1v) is 10.0. The van der Waals surface area contributed by atoms with Crippen molar-refractivity contribution >= 4 is 23.1 Å². The van der Waals surface area contributed by atoms with Crippen molar-refractivity contribution in [3.8, 4) is 16.9 Å². The monoisotopic (exact) mass is 400 g/mol. The predicted octanol–water partition coefficient (Wildman–Crippen LogP) is 4.63. The summed E-state index contributed by atoms with van der Waals surface area (Å²) in [6.45, 7) is 9.33. The number of ether oxygens (including phenoxy) is 2. The van der Waals surface area contributed by atoms with Crippen molar-refractivity contribution in [1.82, 2.24) is 14.6 Å². The van der Waals surface area contributed by atoms with Crippen molar-refractivity contribution in [2.24, 2.45) is 0 Å². The van der Waals surface area contributed by atoms with Crippen molar-refractivity contribution < 1.29 is 9.47 Å². The second-order valence-corrected chi connectivity index (χ2v) is 7.38. The third kappa shape index (κ3) is 3.01. The van der Waals surface area contributed by atoms with Crippen LogP contribution in [0.3, 0.4) is 0 Å². The highest BCUT2D eigenvalue weighted by Crippen LogP contribution is 2.38. The second-order valence-electron chi connectivity index (χ2n) is 6.97. The van der Waals surface area contributed by atoms with Gasteiger partial charge in [-0.3, -0.25) is 0 Å². The van der Waals surface area contributed by atoms with Crippen molar-refractivity contribution in [2.45, 2.75) is 40.4 Å². The first kappa shape index (κ1) is 19.0. The summed E-state index contributed by atoms with van der Waals surface area (Å²) in [5.74, 6) is 1.81. The van der Waals surface area contributed by atoms with E-state index in [0.717, 1.165) is 64.8 Å². The Labute approximate surface area is 170 Å². The van der Waals surface area contributed by atoms with Crippen LogP contribution in [0.15, 0.2) is 18.2 Å². The number of anilines is 1. The normalized spacial score (nSPS) is 13.2. The molecule has 6 nitrogen and oxygen atoms in total. The van der Waals surface area contributed by atoms with Crippen LogP contribution in [0.1, 0.15) is 37.2 Å². The number of hydrogen-bond acceptors (Lipinski definition) is 5. The second kappa shape index (κ2) is 7.60. The molecule has 28 heavy (non-hydrogen) atoms. The number of aryl methyl sites for hydroxylation is 1. The molecule has 0 fully saturated rings. The Morgan fingerprint density at radius 1 is 1.29 bits per heavy atom. The van der Waals surface area contributed by atoms with Gasteiger partial charge < -0.3 is 14.4 Å². The summed E-state index contributed by atoms with van der Waals surface area (Å²) in [5.41, 5.74) is 5.71. The van der Waals surface area contributed by atoms with Crippen LogP contribution in [0.2, 0.25) is 5.02 Å². The summed E-state index contributed by atoms with van der Waals surface area (Å²) >= 11 is 6.59. The third-order valence-corrected chi connectivity index (χ3v) is 5.51. The van der Waals surface area contributed by atoms with E-state index in [1.165, 1.54) is 0 Å². The van der Waals surface area contributed by atoms with Gasteiger partial charge in [0.25, 0.3) is 0 Å². The molecule has 3 aromatic rings. The van der Waals surface area contributed by atoms with Crippen molar-refractivity contribution in [2.75, 3.05) is 25.1 Å². The van der Waals surface area contributed by atoms with E-state index in [-0.39, 0.29) is 0 Å². The van der Waals surface area contributed by atoms with Crippen LogP contribution in [0.25, 0.3) is 16.8 Å². The summed E-state index contributed by atoms with van der Waals surface area (Å²) in [5, 5.41) is 5.49. The van der Waals surface area contributed by atoms with E-state index in [2.05, 4.69) is 18.7 Å². The largest absolute Gasteiger partial charge is 0.497 e. The minimum Gasteiger partial charge on any atom is -0.497 e. The molecule has 0 spiro atoms. The number of benzene rings is 1. The number of aromatic nitrogens is 3. The fraction of sp³-hybridized carbons (Fsp3) is 0.429. The van der Waals surface area contributed by atoms with Crippen molar-refractivity contribution in [3.05, 3.63) is 40.2 Å². The number of nitrogens with zero attached hydrogens (tertiary/aromatic N) is 4. The molecule has 0 bridgehead atoms. The summed E-state index contributed by atoms with van der Waals surface area (Å²) in [7, 11) is 1.64. The minimum absolute atomic E-state index is 0.530. The summed E-state index contributed by atoms with van der Waals surface area (Å²) < 4.78 is 13.0. The molecule has 0 saturated carbocycles. The Bertz CT molecular complexity index is 1030. The molecule has 1 aliphatic heterocycles. The SMILES string of the molecule is CCCN(CC)c1c2c(nc3c(-c4ccc(OC)cc4Cl)c(C)nn13)COC2. The van der Waals surface area contributed by atoms with Crippen LogP contribution in [-0.2, 0) is 18.0 Å². The van der Waals surface area contributed by atoms with Crippen LogP contribution in [0, 0.1) is 6.92 Å². The standard InChI is InChI=1S/C21H25ClN4O2/c1-5-9-25(6-2)21-16-11-28-12-18(16)23-20-19(13(3)24-26(20)21)15-8-7-14(27-4)10-17(15)22/h7-8,10H,5-6,9,11-12H2,1-4H3. The van der Waals surface area contributed by atoms with Crippen LogP contribution >= 0.6 is 11.6 Å². The highest BCUT2D eigenvalue weighted by molar-refractivity contribution is 6.33. The molecule has 1 aromatic carbocycles. The van der Waals surface area contributed by atoms with Gasteiger partial charge in [0.05, 0.1) is 42.3 Å². The molecule has 0 atom stereocenters. The lowest BCUT2D eigenvalue weighted by Gasteiger charge is -2.25. The van der Waals surface area contributed by atoms with E-state index in [0.29, 0.717) is 18.2 Å². The van der Waals surface area contributed by atoms with Crippen molar-refractivity contribution in [1.29, 1.82) is 0 Å². The molecule has 0 radical (unpaired) electrons. The van der Waals surface area contributed by atoms with Crippen LogP contribution in [0.4, 0.5) is 5.82 Å². The van der Waals surface area contributed by atoms with Gasteiger partial charge in [0.2, 0.25) is 0 Å². The molecule has 3 heterocycles. The predicted molar refractivity (Wildman–Crippen MR) is 111 cm³/mol. The Kier molecular flexibility index (Phi) is 5.17. The molecule has 0 N–H and O–H groups in total. The number of hydrogen-bond donors (Lipinski definition) is 0. The zero-order valence-electron chi connectivity index (χ0n) is 16.8. The van der Waals surface area contributed by atoms with Gasteiger partial charge in [-0.05, 0) is 38.5 Å². The van der Waals surface area contributed by atoms with Gasteiger partial charge in [0.1, 0.15) is 11.6 Å². The average molecular weight is 401 g/mol. The molecule has 0 saturated heterocycles. The fourth-order valence-electron chi connectivity index (χ4n) is 3.88. The fourth-order valence-corrected chi connectivity index (χ4v) is 4.15. The molecular formula is C21H25ClN4O2. The molecule has 2 aromatic heterocycles. The number of fused-ring (bicyclic) bond motifs is 2. The Hall–Kier alpha value is -2.31. The third-order valence-electron chi connectivity index (χ3n) is 5.20. The van der Waals surface area contributed by atoms with E-state index in [1.54, 1.807) is 7.11 Å². The van der Waals surface area contributed by atoms with E-state index in [4.69, 9.17) is 31.2 Å². The molecule has 0 aliphatic carbocycles. The number of rotatable bonds is 6. The van der Waals surface area contributed by atoms with Crippen LogP contribution in [0.5, 0.6) is 5.75 Å². The molecule has 0 unspecified atom stereocenters. The zero-order chi connectivity index (χ0) is 19.8. The Balaban J connectivity index is 1.99. The van der Waals surface area contributed by atoms with Crippen LogP contribution in [-0.4, -0.2) is 34.8 Å². The highest BCUT2D eigenvalue weighted by Gasteiger charge is 2.27. The van der Waals surface area contributed by atoms with Gasteiger partial charge in [-0.15, -0.1) is 0 Å². The molecule has 148 valence electrons. The van der Waals surface area contributed by atoms with E-state index < -0.39 is 0 Å². The molecular weight excluding hydrogens is 376 g/mol. The first-order chi connectivity index (χ1) is 13.6. The number of methoxy groups -OCH3 is 1. The summed E-state index contributed by atoms with van der Waals surface area (Å²) in [4.78, 5) is 7.29. The maximum absolute atomic E-state index is 6.59. The van der Waals surface area contributed by atoms with Gasteiger partial charge in [-0.2, -0.15) is 9.61 Å². The summed E-state index contributed by atoms with van der Waals surface area (Å²) in [6.07, 6.45) is 1.06. The lowest BCUT2D eigenvalue weighted by Crippen LogP contribution is -2.27. The van der Waals surface area contributed by atoms with E-state index in [1.807, 2.05) is 29.6 Å². The van der Waals surface area contributed by atoms with E-state index in [9.17, 15) is 0 Å². The highest BCUT2D eigenvalue weighted by atomic mass is 35.5. The maximum Gasteiger partial charge on any atom is 0.165 e. The Morgan fingerprint density at radius 2 is 2.11 bits per heavy atom. The smallest absolute Gasteiger partial charge is 0.165 e. The molecule has 0 amide bonds. The van der Waals surface area contributed by atoms with Gasteiger partial charge in [-0.25, -0.2) is 4.98 Å². The van der Waals surface area contributed by atoms with Crippen molar-refractivity contribution in [3.63, 3.8) is 0 Å². The molecule has 1 aliphatic rings. The zero-order valence-corrected chi connectivity index (χ0v) is 17.5. The lowest BCUT2D eigenvalue weighted by atomic mass is 10.1. The molecule has 4 rings (SSSR count). The minimum atomic E-state index is 0.530. The van der Waals surface area contributed by atoms with E-state index >= 15 is 0 Å². The maximum atomic E-state index is 6.59. The Morgan fingerprint density at radius 3 is 2.79 bits per heavy atom. The van der Waals surface area contributed by atoms with Gasteiger partial charge in [0, 0.05) is 24.2 Å². The first-order valence-electron chi connectivity index (χ1n) is 9.66. The quantitative estimate of drug-likeness (QED) is 0.603. The van der Waals surface area contributed by atoms with Gasteiger partial charge in [0.15, 0.2) is 5.65 Å². The lowest BCUT2D eigenvalue weighted by molar-refractivity contribution is 0.133. The topological polar surface area (TPSA) is 51.9 Å². The van der Waals surface area contributed by atoms with Gasteiger partial charge >= 0.3 is 0 Å². The average Bonchev–Trinajstić information content (AvgIpc) is 3.28. The number of halogens is 1. The summed E-state index contributed by atoms with van der Waals surface area (Å²) in [6, 6.07) is 5.71. The van der Waals surface area contributed by atoms with Crippen LogP contribution < -0.4 is 9.64 Å². The van der Waals surface area contributed by atoms with Gasteiger partial charge in [-0.1, -0.05) is 18.5 Å².